The first kappa shape index (κ1) is 28.6. The highest BCUT2D eigenvalue weighted by Crippen LogP contribution is 2.42. The van der Waals surface area contributed by atoms with E-state index in [2.05, 4.69) is 106 Å². The van der Waals surface area contributed by atoms with Crippen LogP contribution in [-0.2, 0) is 0 Å². The summed E-state index contributed by atoms with van der Waals surface area (Å²) in [6, 6.07) is 44.6. The van der Waals surface area contributed by atoms with E-state index >= 15 is 0 Å². The van der Waals surface area contributed by atoms with Crippen LogP contribution >= 0.6 is 0 Å². The third-order valence-corrected chi connectivity index (χ3v) is 9.59. The maximum atomic E-state index is 11.0. The number of phenolic OH excluding ortho intramolecular Hbond substituents is 1. The Hall–Kier alpha value is -6.59. The van der Waals surface area contributed by atoms with Crippen molar-refractivity contribution in [3.8, 4) is 5.75 Å². The average molecular weight is 633 g/mol. The Morgan fingerprint density at radius 3 is 2.33 bits per heavy atom. The first-order valence-corrected chi connectivity index (χ1v) is 16.5. The SMILES string of the molecule is N=C(c1ccccc1NC1=CC=CC2=CC=C(c3ccccc3O)N(c3ccccc3)[C@H]21)c1c2ccccc2cc2c1[nH]c1ccccc12. The molecule has 6 aromatic carbocycles. The number of nitrogens with zero attached hydrogens (tertiary/aromatic N) is 1. The number of H-pyrrole nitrogens is 1. The van der Waals surface area contributed by atoms with E-state index in [9.17, 15) is 10.5 Å². The van der Waals surface area contributed by atoms with Crippen LogP contribution < -0.4 is 10.2 Å². The van der Waals surface area contributed by atoms with Gasteiger partial charge in [-0.1, -0.05) is 109 Å². The second kappa shape index (κ2) is 11.6. The minimum Gasteiger partial charge on any atom is -0.507 e. The maximum absolute atomic E-state index is 11.0. The molecule has 2 heterocycles. The molecular formula is C44H32N4O. The van der Waals surface area contributed by atoms with Crippen LogP contribution in [0.1, 0.15) is 16.7 Å². The number of benzene rings is 6. The number of phenols is 1. The number of aromatic hydroxyl groups is 1. The van der Waals surface area contributed by atoms with Crippen LogP contribution in [0.25, 0.3) is 38.3 Å². The smallest absolute Gasteiger partial charge is 0.124 e. The second-order valence-corrected chi connectivity index (χ2v) is 12.4. The van der Waals surface area contributed by atoms with Gasteiger partial charge in [-0.15, -0.1) is 0 Å². The average Bonchev–Trinajstić information content (AvgIpc) is 3.52. The van der Waals surface area contributed by atoms with Gasteiger partial charge in [-0.3, -0.25) is 5.41 Å². The molecule has 1 aliphatic carbocycles. The molecule has 2 aliphatic rings. The number of para-hydroxylation sites is 4. The van der Waals surface area contributed by atoms with Crippen molar-refractivity contribution < 1.29 is 5.11 Å². The maximum Gasteiger partial charge on any atom is 0.124 e. The fourth-order valence-electron chi connectivity index (χ4n) is 7.36. The number of nitrogens with one attached hydrogen (secondary N) is 3. The van der Waals surface area contributed by atoms with Gasteiger partial charge in [-0.2, -0.15) is 0 Å². The van der Waals surface area contributed by atoms with Gasteiger partial charge in [0.25, 0.3) is 0 Å². The summed E-state index contributed by atoms with van der Waals surface area (Å²) in [5, 5.41) is 29.0. The summed E-state index contributed by atoms with van der Waals surface area (Å²) in [5.74, 6) is 0.230. The van der Waals surface area contributed by atoms with Crippen molar-refractivity contribution in [1.29, 1.82) is 5.41 Å². The topological polar surface area (TPSA) is 75.1 Å². The number of aromatic amines is 1. The first-order chi connectivity index (χ1) is 24.2. The zero-order valence-electron chi connectivity index (χ0n) is 26.6. The van der Waals surface area contributed by atoms with Crippen molar-refractivity contribution in [3.63, 3.8) is 0 Å². The summed E-state index contributed by atoms with van der Waals surface area (Å²) >= 11 is 0. The van der Waals surface area contributed by atoms with Gasteiger partial charge in [-0.25, -0.2) is 0 Å². The van der Waals surface area contributed by atoms with Gasteiger partial charge in [0, 0.05) is 50.1 Å². The largest absolute Gasteiger partial charge is 0.507 e. The van der Waals surface area contributed by atoms with Gasteiger partial charge in [0.15, 0.2) is 0 Å². The molecule has 0 unspecified atom stereocenters. The summed E-state index contributed by atoms with van der Waals surface area (Å²) in [6.45, 7) is 0. The van der Waals surface area contributed by atoms with Gasteiger partial charge in [0.1, 0.15) is 5.75 Å². The second-order valence-electron chi connectivity index (χ2n) is 12.4. The first-order valence-electron chi connectivity index (χ1n) is 16.5. The van der Waals surface area contributed by atoms with Crippen molar-refractivity contribution in [1.82, 2.24) is 4.98 Å². The third-order valence-electron chi connectivity index (χ3n) is 9.59. The molecule has 7 aromatic rings. The molecule has 0 saturated carbocycles. The fourth-order valence-corrected chi connectivity index (χ4v) is 7.36. The van der Waals surface area contributed by atoms with Crippen LogP contribution in [0.2, 0.25) is 0 Å². The van der Waals surface area contributed by atoms with E-state index in [1.54, 1.807) is 6.07 Å². The molecular weight excluding hydrogens is 601 g/mol. The number of rotatable bonds is 6. The molecule has 0 spiro atoms. The molecule has 1 aromatic heterocycles. The molecule has 0 fully saturated rings. The van der Waals surface area contributed by atoms with E-state index in [4.69, 9.17) is 0 Å². The molecule has 234 valence electrons. The summed E-state index contributed by atoms with van der Waals surface area (Å²) < 4.78 is 0. The summed E-state index contributed by atoms with van der Waals surface area (Å²) in [4.78, 5) is 5.93. The predicted octanol–water partition coefficient (Wildman–Crippen LogP) is 10.3. The molecule has 1 aliphatic heterocycles. The monoisotopic (exact) mass is 632 g/mol. The van der Waals surface area contributed by atoms with Gasteiger partial charge in [0.05, 0.1) is 23.0 Å². The van der Waals surface area contributed by atoms with Gasteiger partial charge in [-0.05, 0) is 71.0 Å². The van der Waals surface area contributed by atoms with Crippen LogP contribution in [0.4, 0.5) is 11.4 Å². The minimum absolute atomic E-state index is 0.202. The van der Waals surface area contributed by atoms with Crippen molar-refractivity contribution in [2.45, 2.75) is 6.04 Å². The Kier molecular flexibility index (Phi) is 6.76. The number of hydrogen-bond donors (Lipinski definition) is 4. The summed E-state index contributed by atoms with van der Waals surface area (Å²) in [5.41, 5.74) is 9.74. The van der Waals surface area contributed by atoms with Crippen molar-refractivity contribution >= 4 is 55.4 Å². The predicted molar refractivity (Wildman–Crippen MR) is 203 cm³/mol. The quantitative estimate of drug-likeness (QED) is 0.138. The lowest BCUT2D eigenvalue weighted by Gasteiger charge is -2.41. The molecule has 0 saturated heterocycles. The highest BCUT2D eigenvalue weighted by atomic mass is 16.3. The lowest BCUT2D eigenvalue weighted by Crippen LogP contribution is -2.41. The van der Waals surface area contributed by atoms with Crippen LogP contribution in [0.3, 0.4) is 0 Å². The Morgan fingerprint density at radius 1 is 0.714 bits per heavy atom. The molecule has 0 bridgehead atoms. The van der Waals surface area contributed by atoms with Crippen LogP contribution in [0, 0.1) is 5.41 Å². The Balaban J connectivity index is 1.17. The third kappa shape index (κ3) is 4.75. The number of hydrogen-bond acceptors (Lipinski definition) is 4. The molecule has 0 radical (unpaired) electrons. The van der Waals surface area contributed by atoms with Crippen molar-refractivity contribution in [3.05, 3.63) is 192 Å². The standard InChI is InChI=1S/C44H32N4O/c45-42(41-31-17-5-4-13-29(31)27-35-32-18-6-9-21-36(32)47-43(35)41)33-19-7-10-22-37(33)46-38-23-12-14-28-25-26-39(34-20-8-11-24-40(34)49)48(44(28)38)30-15-2-1-3-16-30/h1-27,44-47,49H/t44-/m1/s1. The van der Waals surface area contributed by atoms with E-state index in [1.807, 2.05) is 66.7 Å². The van der Waals surface area contributed by atoms with Crippen LogP contribution in [-0.4, -0.2) is 21.8 Å². The number of aromatic nitrogens is 1. The van der Waals surface area contributed by atoms with E-state index < -0.39 is 0 Å². The normalized spacial score (nSPS) is 15.6. The van der Waals surface area contributed by atoms with Crippen molar-refractivity contribution in [2.75, 3.05) is 10.2 Å². The fraction of sp³-hybridized carbons (Fsp3) is 0.0227. The Bertz CT molecular complexity index is 2570. The molecule has 4 N–H and O–H groups in total. The lowest BCUT2D eigenvalue weighted by atomic mass is 9.89. The molecule has 5 heteroatoms. The Labute approximate surface area is 284 Å². The molecule has 0 amide bonds. The van der Waals surface area contributed by atoms with Crippen molar-refractivity contribution in [2.24, 2.45) is 0 Å². The van der Waals surface area contributed by atoms with Crippen LogP contribution in [0.5, 0.6) is 5.75 Å². The van der Waals surface area contributed by atoms with Gasteiger partial charge in [0.2, 0.25) is 0 Å². The van der Waals surface area contributed by atoms with Gasteiger partial charge >= 0.3 is 0 Å². The molecule has 5 nitrogen and oxygen atoms in total. The number of fused-ring (bicyclic) bond motifs is 5. The van der Waals surface area contributed by atoms with E-state index in [-0.39, 0.29) is 11.8 Å². The molecule has 49 heavy (non-hydrogen) atoms. The lowest BCUT2D eigenvalue weighted by molar-refractivity contribution is 0.473. The summed E-state index contributed by atoms with van der Waals surface area (Å²) in [7, 11) is 0. The number of allylic oxidation sites excluding steroid dienone is 4. The molecule has 1 atom stereocenters. The Morgan fingerprint density at radius 2 is 1.45 bits per heavy atom. The van der Waals surface area contributed by atoms with E-state index in [0.29, 0.717) is 5.71 Å². The van der Waals surface area contributed by atoms with E-state index in [0.717, 1.165) is 77.6 Å². The minimum atomic E-state index is -0.202. The highest BCUT2D eigenvalue weighted by molar-refractivity contribution is 6.29. The van der Waals surface area contributed by atoms with E-state index in [1.165, 1.54) is 0 Å². The van der Waals surface area contributed by atoms with Crippen LogP contribution in [0.15, 0.2) is 175 Å². The van der Waals surface area contributed by atoms with Gasteiger partial charge < -0.3 is 20.3 Å². The zero-order chi connectivity index (χ0) is 32.9. The number of anilines is 2. The molecule has 9 rings (SSSR count). The summed E-state index contributed by atoms with van der Waals surface area (Å²) in [6.07, 6.45) is 10.5. The highest BCUT2D eigenvalue weighted by Gasteiger charge is 2.33. The zero-order valence-corrected chi connectivity index (χ0v) is 26.6.